The second-order valence-corrected chi connectivity index (χ2v) is 11.9. The number of piperidine rings is 1. The first-order valence-corrected chi connectivity index (χ1v) is 13.3. The summed E-state index contributed by atoms with van der Waals surface area (Å²) >= 11 is 0. The first kappa shape index (κ1) is 20.5. The van der Waals surface area contributed by atoms with Gasteiger partial charge in [0.1, 0.15) is 0 Å². The van der Waals surface area contributed by atoms with Crippen molar-refractivity contribution in [1.29, 1.82) is 0 Å². The minimum Gasteiger partial charge on any atom is -0.338 e. The molecule has 164 valence electrons. The second kappa shape index (κ2) is 7.94. The van der Waals surface area contributed by atoms with Crippen molar-refractivity contribution < 1.29 is 13.2 Å². The maximum absolute atomic E-state index is 13.2. The lowest BCUT2D eigenvalue weighted by atomic mass is 9.75. The van der Waals surface area contributed by atoms with Crippen molar-refractivity contribution in [3.63, 3.8) is 0 Å². The molecule has 30 heavy (non-hydrogen) atoms. The third-order valence-electron chi connectivity index (χ3n) is 8.35. The first-order valence-electron chi connectivity index (χ1n) is 11.8. The van der Waals surface area contributed by atoms with E-state index in [1.165, 1.54) is 32.1 Å². The van der Waals surface area contributed by atoms with Crippen LogP contribution in [0.15, 0.2) is 23.1 Å². The average molecular weight is 431 g/mol. The largest absolute Gasteiger partial charge is 0.338 e. The number of sulfonamides is 1. The molecule has 1 amide bonds. The molecule has 1 N–H and O–H groups in total. The number of likely N-dealkylation sites (tertiary alicyclic amines) is 1. The maximum atomic E-state index is 13.2. The van der Waals surface area contributed by atoms with E-state index >= 15 is 0 Å². The van der Waals surface area contributed by atoms with E-state index in [0.717, 1.165) is 44.7 Å². The number of carbonyl (C=O) groups excluding carboxylic acids is 1. The summed E-state index contributed by atoms with van der Waals surface area (Å²) in [5.41, 5.74) is 1.20. The van der Waals surface area contributed by atoms with Crippen LogP contribution >= 0.6 is 0 Å². The van der Waals surface area contributed by atoms with Gasteiger partial charge in [0, 0.05) is 24.7 Å². The van der Waals surface area contributed by atoms with Gasteiger partial charge < -0.3 is 4.90 Å². The summed E-state index contributed by atoms with van der Waals surface area (Å²) in [7, 11) is -3.62. The van der Waals surface area contributed by atoms with Crippen LogP contribution in [0.2, 0.25) is 0 Å². The van der Waals surface area contributed by atoms with Gasteiger partial charge in [0.25, 0.3) is 5.91 Å². The van der Waals surface area contributed by atoms with E-state index in [9.17, 15) is 13.2 Å². The summed E-state index contributed by atoms with van der Waals surface area (Å²) < 4.78 is 29.4. The van der Waals surface area contributed by atoms with E-state index in [4.69, 9.17) is 0 Å². The Bertz CT molecular complexity index is 928. The Hall–Kier alpha value is -1.40. The van der Waals surface area contributed by atoms with Crippen molar-refractivity contribution in [3.05, 3.63) is 29.3 Å². The molecule has 4 aliphatic rings. The van der Waals surface area contributed by atoms with Crippen LogP contribution in [0.25, 0.3) is 0 Å². The predicted molar refractivity (Wildman–Crippen MR) is 117 cm³/mol. The van der Waals surface area contributed by atoms with E-state index in [1.54, 1.807) is 18.2 Å². The lowest BCUT2D eigenvalue weighted by molar-refractivity contribution is 0.0520. The van der Waals surface area contributed by atoms with Crippen molar-refractivity contribution in [2.75, 3.05) is 13.1 Å². The highest BCUT2D eigenvalue weighted by atomic mass is 32.2. The number of nitrogens with one attached hydrogen (secondary N) is 1. The Morgan fingerprint density at radius 1 is 1.00 bits per heavy atom. The predicted octanol–water partition coefficient (Wildman–Crippen LogP) is 4.11. The summed E-state index contributed by atoms with van der Waals surface area (Å²) in [4.78, 5) is 15.4. The number of rotatable bonds is 4. The zero-order valence-electron chi connectivity index (χ0n) is 18.0. The highest BCUT2D eigenvalue weighted by Crippen LogP contribution is 2.45. The number of hydrogen-bond acceptors (Lipinski definition) is 3. The minimum absolute atomic E-state index is 0.0182. The van der Waals surface area contributed by atoms with Crippen LogP contribution in [-0.2, 0) is 10.0 Å². The topological polar surface area (TPSA) is 66.5 Å². The van der Waals surface area contributed by atoms with Gasteiger partial charge in [-0.3, -0.25) is 4.79 Å². The molecule has 0 aromatic heterocycles. The Kier molecular flexibility index (Phi) is 5.42. The van der Waals surface area contributed by atoms with E-state index < -0.39 is 10.0 Å². The van der Waals surface area contributed by atoms with Crippen LogP contribution in [0.4, 0.5) is 0 Å². The molecule has 5 unspecified atom stereocenters. The molecule has 4 fully saturated rings. The van der Waals surface area contributed by atoms with Crippen molar-refractivity contribution in [3.8, 4) is 0 Å². The van der Waals surface area contributed by atoms with E-state index in [0.29, 0.717) is 28.9 Å². The number of nitrogens with zero attached hydrogens (tertiary/aromatic N) is 1. The second-order valence-electron chi connectivity index (χ2n) is 10.2. The van der Waals surface area contributed by atoms with Crippen LogP contribution in [0, 0.1) is 30.6 Å². The van der Waals surface area contributed by atoms with Gasteiger partial charge in [0.05, 0.1) is 4.90 Å². The average Bonchev–Trinajstić information content (AvgIpc) is 3.36. The van der Waals surface area contributed by atoms with Gasteiger partial charge in [-0.1, -0.05) is 31.7 Å². The van der Waals surface area contributed by atoms with Crippen molar-refractivity contribution in [2.24, 2.45) is 23.7 Å². The lowest BCUT2D eigenvalue weighted by Gasteiger charge is -2.41. The van der Waals surface area contributed by atoms with Gasteiger partial charge in [-0.15, -0.1) is 0 Å². The number of carbonyl (C=O) groups is 1. The Balaban J connectivity index is 1.33. The van der Waals surface area contributed by atoms with Crippen LogP contribution in [0.1, 0.15) is 73.7 Å². The van der Waals surface area contributed by atoms with Gasteiger partial charge in [0.15, 0.2) is 0 Å². The first-order chi connectivity index (χ1) is 14.4. The lowest BCUT2D eigenvalue weighted by Crippen LogP contribution is -2.44. The molecule has 5 atom stereocenters. The van der Waals surface area contributed by atoms with E-state index in [2.05, 4.69) is 4.72 Å². The normalized spacial score (nSPS) is 33.5. The molecule has 3 aliphatic carbocycles. The quantitative estimate of drug-likeness (QED) is 0.782. The standard InChI is InChI=1S/C24H34N2O3S/c1-16-6-8-20(24(27)26-11-10-18-4-2-3-5-21(18)15-26)14-23(16)30(28,29)25-22-13-17-7-9-19(22)12-17/h6,8,14,17-19,21-22,25H,2-5,7,9-13,15H2,1H3. The van der Waals surface area contributed by atoms with Gasteiger partial charge in [-0.25, -0.2) is 13.1 Å². The van der Waals surface area contributed by atoms with Gasteiger partial charge in [-0.05, 0) is 80.4 Å². The van der Waals surface area contributed by atoms with Crippen LogP contribution in [-0.4, -0.2) is 38.4 Å². The summed E-state index contributed by atoms with van der Waals surface area (Å²) in [6.45, 7) is 3.43. The SMILES string of the molecule is Cc1ccc(C(=O)N2CCC3CCCCC3C2)cc1S(=O)(=O)NC1CC2CCC1C2. The minimum atomic E-state index is -3.62. The zero-order valence-corrected chi connectivity index (χ0v) is 18.8. The molecule has 5 rings (SSSR count). The summed E-state index contributed by atoms with van der Waals surface area (Å²) in [5.74, 6) is 2.52. The number of benzene rings is 1. The molecule has 0 spiro atoms. The van der Waals surface area contributed by atoms with Crippen molar-refractivity contribution in [2.45, 2.75) is 75.6 Å². The number of aryl methyl sites for hydroxylation is 1. The molecular formula is C24H34N2O3S. The fourth-order valence-corrected chi connectivity index (χ4v) is 8.23. The fourth-order valence-electron chi connectivity index (χ4n) is 6.64. The van der Waals surface area contributed by atoms with Crippen molar-refractivity contribution in [1.82, 2.24) is 9.62 Å². The summed E-state index contributed by atoms with van der Waals surface area (Å²) in [6, 6.07) is 5.25. The van der Waals surface area contributed by atoms with Crippen LogP contribution in [0.5, 0.6) is 0 Å². The molecule has 0 radical (unpaired) electrons. The highest BCUT2D eigenvalue weighted by molar-refractivity contribution is 7.89. The third kappa shape index (κ3) is 3.81. The van der Waals surface area contributed by atoms with Crippen LogP contribution in [0.3, 0.4) is 0 Å². The molecule has 2 bridgehead atoms. The Morgan fingerprint density at radius 2 is 1.80 bits per heavy atom. The molecule has 3 saturated carbocycles. The van der Waals surface area contributed by atoms with E-state index in [-0.39, 0.29) is 16.8 Å². The fraction of sp³-hybridized carbons (Fsp3) is 0.708. The third-order valence-corrected chi connectivity index (χ3v) is 9.98. The molecule has 1 aromatic carbocycles. The smallest absolute Gasteiger partial charge is 0.253 e. The molecule has 1 heterocycles. The number of fused-ring (bicyclic) bond motifs is 3. The van der Waals surface area contributed by atoms with Gasteiger partial charge in [0.2, 0.25) is 10.0 Å². The zero-order chi connectivity index (χ0) is 20.9. The van der Waals surface area contributed by atoms with Crippen LogP contribution < -0.4 is 4.72 Å². The van der Waals surface area contributed by atoms with Gasteiger partial charge in [-0.2, -0.15) is 0 Å². The molecular weight excluding hydrogens is 396 g/mol. The Labute approximate surface area is 180 Å². The molecule has 1 aromatic rings. The Morgan fingerprint density at radius 3 is 2.53 bits per heavy atom. The molecule has 6 heteroatoms. The maximum Gasteiger partial charge on any atom is 0.253 e. The molecule has 1 aliphatic heterocycles. The summed E-state index contributed by atoms with van der Waals surface area (Å²) in [5, 5.41) is 0. The van der Waals surface area contributed by atoms with E-state index in [1.807, 2.05) is 11.8 Å². The summed E-state index contributed by atoms with van der Waals surface area (Å²) in [6.07, 6.45) is 10.7. The monoisotopic (exact) mass is 430 g/mol. The molecule has 1 saturated heterocycles. The number of amides is 1. The highest BCUT2D eigenvalue weighted by Gasteiger charge is 2.41. The van der Waals surface area contributed by atoms with Gasteiger partial charge >= 0.3 is 0 Å². The van der Waals surface area contributed by atoms with Crippen molar-refractivity contribution >= 4 is 15.9 Å². The molecule has 5 nitrogen and oxygen atoms in total. The number of hydrogen-bond donors (Lipinski definition) is 1.